The molecule has 2 saturated carbocycles. The highest BCUT2D eigenvalue weighted by molar-refractivity contribution is 5.78. The summed E-state index contributed by atoms with van der Waals surface area (Å²) in [5.74, 6) is 1.75. The highest BCUT2D eigenvalue weighted by Gasteiger charge is 2.41. The van der Waals surface area contributed by atoms with Gasteiger partial charge in [0.15, 0.2) is 0 Å². The number of ether oxygens (including phenoxy) is 1. The van der Waals surface area contributed by atoms with Gasteiger partial charge in [-0.15, -0.1) is 0 Å². The van der Waals surface area contributed by atoms with E-state index in [1.165, 1.54) is 0 Å². The molecule has 0 radical (unpaired) electrons. The summed E-state index contributed by atoms with van der Waals surface area (Å²) in [4.78, 5) is 26.2. The number of carbonyl (C=O) groups is 1. The highest BCUT2D eigenvalue weighted by atomic mass is 16.5. The Kier molecular flexibility index (Phi) is 5.86. The van der Waals surface area contributed by atoms with Gasteiger partial charge in [-0.2, -0.15) is 5.26 Å². The van der Waals surface area contributed by atoms with Gasteiger partial charge in [0.25, 0.3) is 0 Å². The van der Waals surface area contributed by atoms with Crippen LogP contribution in [0.1, 0.15) is 48.6 Å². The lowest BCUT2D eigenvalue weighted by molar-refractivity contribution is -0.138. The van der Waals surface area contributed by atoms with E-state index in [0.29, 0.717) is 37.0 Å². The summed E-state index contributed by atoms with van der Waals surface area (Å²) >= 11 is 0. The SMILES string of the molecule is C=Cc1cc(-c2cc(C#N)c(N3CCN(C(=O)COC)[C@H](C4CC4)C3)nc2C2CC2)ccn1. The fourth-order valence-electron chi connectivity index (χ4n) is 4.87. The fraction of sp³-hybridized carbons (Fsp3) is 0.462. The van der Waals surface area contributed by atoms with E-state index in [9.17, 15) is 10.1 Å². The van der Waals surface area contributed by atoms with Crippen molar-refractivity contribution in [3.63, 3.8) is 0 Å². The van der Waals surface area contributed by atoms with Gasteiger partial charge >= 0.3 is 0 Å². The van der Waals surface area contributed by atoms with E-state index in [1.54, 1.807) is 19.4 Å². The van der Waals surface area contributed by atoms with Crippen LogP contribution < -0.4 is 4.90 Å². The van der Waals surface area contributed by atoms with Crippen LogP contribution in [-0.2, 0) is 9.53 Å². The Labute approximate surface area is 194 Å². The molecule has 1 atom stereocenters. The number of nitriles is 1. The first-order valence-corrected chi connectivity index (χ1v) is 11.7. The first-order chi connectivity index (χ1) is 16.1. The smallest absolute Gasteiger partial charge is 0.248 e. The molecule has 2 aliphatic carbocycles. The molecule has 1 aliphatic heterocycles. The molecule has 0 unspecified atom stereocenters. The van der Waals surface area contributed by atoms with Crippen molar-refractivity contribution in [2.24, 2.45) is 5.92 Å². The number of amides is 1. The molecule has 1 saturated heterocycles. The molecule has 7 nitrogen and oxygen atoms in total. The van der Waals surface area contributed by atoms with Crippen LogP contribution in [0.2, 0.25) is 0 Å². The topological polar surface area (TPSA) is 82.4 Å². The van der Waals surface area contributed by atoms with Crippen molar-refractivity contribution in [3.05, 3.63) is 47.9 Å². The van der Waals surface area contributed by atoms with Crippen LogP contribution in [0.15, 0.2) is 31.0 Å². The number of aromatic nitrogens is 2. The van der Waals surface area contributed by atoms with E-state index < -0.39 is 0 Å². The summed E-state index contributed by atoms with van der Waals surface area (Å²) in [6.07, 6.45) is 8.04. The van der Waals surface area contributed by atoms with Crippen LogP contribution in [0.5, 0.6) is 0 Å². The third-order valence-corrected chi connectivity index (χ3v) is 6.89. The standard InChI is InChI=1S/C26H29N5O2/c1-3-21-12-19(8-9-28-21)22-13-20(14-27)26(29-25(22)18-6-7-18)30-10-11-31(24(32)16-33-2)23(15-30)17-4-5-17/h3,8-9,12-13,17-18,23H,1,4-7,10-11,15-16H2,2H3/t23-/m0/s1. The molecule has 2 aromatic rings. The lowest BCUT2D eigenvalue weighted by Gasteiger charge is -2.42. The Morgan fingerprint density at radius 1 is 1.30 bits per heavy atom. The zero-order valence-electron chi connectivity index (χ0n) is 19.0. The molecule has 3 aliphatic rings. The molecule has 33 heavy (non-hydrogen) atoms. The molecular weight excluding hydrogens is 414 g/mol. The molecule has 1 amide bonds. The lowest BCUT2D eigenvalue weighted by Crippen LogP contribution is -2.57. The van der Waals surface area contributed by atoms with E-state index in [0.717, 1.165) is 54.0 Å². The second-order valence-corrected chi connectivity index (χ2v) is 9.22. The van der Waals surface area contributed by atoms with E-state index in [2.05, 4.69) is 22.5 Å². The Balaban J connectivity index is 1.50. The first-order valence-electron chi connectivity index (χ1n) is 11.7. The van der Waals surface area contributed by atoms with Crippen LogP contribution >= 0.6 is 0 Å². The number of carbonyl (C=O) groups excluding carboxylic acids is 1. The summed E-state index contributed by atoms with van der Waals surface area (Å²) in [5.41, 5.74) is 4.48. The fourth-order valence-corrected chi connectivity index (χ4v) is 4.87. The minimum Gasteiger partial charge on any atom is -0.375 e. The van der Waals surface area contributed by atoms with Crippen molar-refractivity contribution in [1.29, 1.82) is 5.26 Å². The number of methoxy groups -OCH3 is 1. The molecule has 3 heterocycles. The van der Waals surface area contributed by atoms with Gasteiger partial charge in [0.2, 0.25) is 5.91 Å². The van der Waals surface area contributed by atoms with Gasteiger partial charge in [0, 0.05) is 44.4 Å². The predicted octanol–water partition coefficient (Wildman–Crippen LogP) is 3.61. The van der Waals surface area contributed by atoms with Gasteiger partial charge in [0.1, 0.15) is 18.5 Å². The first kappa shape index (κ1) is 21.6. The van der Waals surface area contributed by atoms with Crippen molar-refractivity contribution in [2.75, 3.05) is 38.3 Å². The summed E-state index contributed by atoms with van der Waals surface area (Å²) in [7, 11) is 1.56. The maximum Gasteiger partial charge on any atom is 0.248 e. The monoisotopic (exact) mass is 443 g/mol. The average molecular weight is 444 g/mol. The van der Waals surface area contributed by atoms with Crippen LogP contribution in [0.4, 0.5) is 5.82 Å². The minimum atomic E-state index is 0.0484. The number of rotatable bonds is 7. The minimum absolute atomic E-state index is 0.0484. The third kappa shape index (κ3) is 4.36. The van der Waals surface area contributed by atoms with Gasteiger partial charge in [0.05, 0.1) is 23.0 Å². The van der Waals surface area contributed by atoms with Crippen LogP contribution in [-0.4, -0.2) is 60.2 Å². The largest absolute Gasteiger partial charge is 0.375 e. The van der Waals surface area contributed by atoms with Crippen LogP contribution in [0, 0.1) is 17.2 Å². The van der Waals surface area contributed by atoms with Crippen LogP contribution in [0.25, 0.3) is 17.2 Å². The third-order valence-electron chi connectivity index (χ3n) is 6.89. The molecule has 3 fully saturated rings. The van der Waals surface area contributed by atoms with E-state index >= 15 is 0 Å². The van der Waals surface area contributed by atoms with Gasteiger partial charge in [-0.3, -0.25) is 9.78 Å². The van der Waals surface area contributed by atoms with E-state index in [4.69, 9.17) is 9.72 Å². The zero-order chi connectivity index (χ0) is 22.9. The quantitative estimate of drug-likeness (QED) is 0.650. The molecule has 5 rings (SSSR count). The van der Waals surface area contributed by atoms with Crippen molar-refractivity contribution >= 4 is 17.8 Å². The summed E-state index contributed by atoms with van der Waals surface area (Å²) in [6.45, 7) is 5.95. The number of hydrogen-bond acceptors (Lipinski definition) is 6. The maximum absolute atomic E-state index is 12.6. The molecule has 0 aromatic carbocycles. The maximum atomic E-state index is 12.6. The second-order valence-electron chi connectivity index (χ2n) is 9.22. The normalized spacial score (nSPS) is 20.4. The zero-order valence-corrected chi connectivity index (χ0v) is 19.0. The number of hydrogen-bond donors (Lipinski definition) is 0. The predicted molar refractivity (Wildman–Crippen MR) is 127 cm³/mol. The molecule has 0 bridgehead atoms. The van der Waals surface area contributed by atoms with E-state index in [1.807, 2.05) is 23.1 Å². The van der Waals surface area contributed by atoms with Crippen molar-refractivity contribution in [3.8, 4) is 17.2 Å². The summed E-state index contributed by atoms with van der Waals surface area (Å²) in [5, 5.41) is 10.0. The Hall–Kier alpha value is -3.24. The summed E-state index contributed by atoms with van der Waals surface area (Å²) in [6, 6.07) is 8.50. The average Bonchev–Trinajstić information content (AvgIpc) is 3.76. The van der Waals surface area contributed by atoms with Gasteiger partial charge < -0.3 is 14.5 Å². The Bertz CT molecular complexity index is 1120. The van der Waals surface area contributed by atoms with Crippen LogP contribution in [0.3, 0.4) is 0 Å². The molecular formula is C26H29N5O2. The lowest BCUT2D eigenvalue weighted by atomic mass is 9.98. The Morgan fingerprint density at radius 3 is 2.79 bits per heavy atom. The molecule has 0 N–H and O–H groups in total. The van der Waals surface area contributed by atoms with Crippen molar-refractivity contribution in [2.45, 2.75) is 37.6 Å². The number of anilines is 1. The highest BCUT2D eigenvalue weighted by Crippen LogP contribution is 2.45. The van der Waals surface area contributed by atoms with Gasteiger partial charge in [-0.05, 0) is 61.4 Å². The second kappa shape index (κ2) is 8.95. The number of pyridine rings is 2. The number of nitrogens with zero attached hydrogens (tertiary/aromatic N) is 5. The number of piperazine rings is 1. The molecule has 170 valence electrons. The van der Waals surface area contributed by atoms with Gasteiger partial charge in [-0.25, -0.2) is 4.98 Å². The van der Waals surface area contributed by atoms with Crippen molar-refractivity contribution < 1.29 is 9.53 Å². The van der Waals surface area contributed by atoms with Crippen molar-refractivity contribution in [1.82, 2.24) is 14.9 Å². The molecule has 0 spiro atoms. The van der Waals surface area contributed by atoms with E-state index in [-0.39, 0.29) is 18.6 Å². The molecule has 2 aromatic heterocycles. The molecule has 7 heteroatoms. The summed E-state index contributed by atoms with van der Waals surface area (Å²) < 4.78 is 5.10. The van der Waals surface area contributed by atoms with Gasteiger partial charge in [-0.1, -0.05) is 6.58 Å². The Morgan fingerprint density at radius 2 is 2.12 bits per heavy atom.